The number of fused-ring (bicyclic) bond motifs is 1. The van der Waals surface area contributed by atoms with E-state index in [-0.39, 0.29) is 35.1 Å². The molecule has 1 aromatic carbocycles. The van der Waals surface area contributed by atoms with Crippen molar-refractivity contribution in [2.75, 3.05) is 24.8 Å². The maximum atomic E-state index is 14.3. The molecule has 2 aromatic heterocycles. The van der Waals surface area contributed by atoms with Crippen LogP contribution >= 0.6 is 0 Å². The molecule has 0 radical (unpaired) electrons. The summed E-state index contributed by atoms with van der Waals surface area (Å²) >= 11 is 0. The van der Waals surface area contributed by atoms with E-state index in [0.717, 1.165) is 12.1 Å². The van der Waals surface area contributed by atoms with Crippen molar-refractivity contribution in [2.45, 2.75) is 25.9 Å². The van der Waals surface area contributed by atoms with Gasteiger partial charge in [-0.2, -0.15) is 5.26 Å². The molecule has 1 atom stereocenters. The summed E-state index contributed by atoms with van der Waals surface area (Å²) in [5.41, 5.74) is 4.65. The molecule has 11 heteroatoms. The minimum atomic E-state index is -0.855. The molecular weight excluding hydrogens is 396 g/mol. The Balaban J connectivity index is 2.14. The highest BCUT2D eigenvalue weighted by Gasteiger charge is 2.22. The predicted octanol–water partition coefficient (Wildman–Crippen LogP) is 2.13. The fourth-order valence-electron chi connectivity index (χ4n) is 3.07. The van der Waals surface area contributed by atoms with Gasteiger partial charge in [-0.25, -0.2) is 23.7 Å². The average Bonchev–Trinajstić information content (AvgIpc) is 2.72. The number of benzene rings is 1. The van der Waals surface area contributed by atoms with Gasteiger partial charge in [0.2, 0.25) is 0 Å². The number of anilines is 2. The maximum Gasteiger partial charge on any atom is 0.264 e. The molecule has 9 nitrogen and oxygen atoms in total. The molecule has 0 aliphatic heterocycles. The molecule has 0 amide bonds. The number of methoxy groups -OCH3 is 1. The SMILES string of the molecule is COCCCn1c(C(C)Nc2ncnc(N)c2C#N)nc2c(F)ccc(F)c2c1=O. The summed E-state index contributed by atoms with van der Waals surface area (Å²) in [6.45, 7) is 2.18. The first-order valence-corrected chi connectivity index (χ1v) is 9.03. The third-order valence-corrected chi connectivity index (χ3v) is 4.50. The van der Waals surface area contributed by atoms with Crippen molar-refractivity contribution in [2.24, 2.45) is 0 Å². The molecule has 0 saturated heterocycles. The lowest BCUT2D eigenvalue weighted by atomic mass is 10.2. The first-order chi connectivity index (χ1) is 14.4. The maximum absolute atomic E-state index is 14.3. The summed E-state index contributed by atoms with van der Waals surface area (Å²) in [6, 6.07) is 3.02. The Morgan fingerprint density at radius 2 is 2.07 bits per heavy atom. The molecule has 0 aliphatic carbocycles. The Morgan fingerprint density at radius 3 is 2.77 bits per heavy atom. The smallest absolute Gasteiger partial charge is 0.264 e. The lowest BCUT2D eigenvalue weighted by Gasteiger charge is -2.20. The Morgan fingerprint density at radius 1 is 1.33 bits per heavy atom. The van der Waals surface area contributed by atoms with Crippen molar-refractivity contribution in [3.8, 4) is 6.07 Å². The van der Waals surface area contributed by atoms with Crippen molar-refractivity contribution in [3.63, 3.8) is 0 Å². The quantitative estimate of drug-likeness (QED) is 0.561. The van der Waals surface area contributed by atoms with Gasteiger partial charge in [0, 0.05) is 20.3 Å². The van der Waals surface area contributed by atoms with Gasteiger partial charge in [0.05, 0.1) is 6.04 Å². The third-order valence-electron chi connectivity index (χ3n) is 4.50. The van der Waals surface area contributed by atoms with Gasteiger partial charge in [-0.3, -0.25) is 9.36 Å². The number of rotatable bonds is 7. The van der Waals surface area contributed by atoms with Crippen LogP contribution in [0.2, 0.25) is 0 Å². The molecule has 0 fully saturated rings. The number of aromatic nitrogens is 4. The molecule has 3 N–H and O–H groups in total. The average molecular weight is 415 g/mol. The predicted molar refractivity (Wildman–Crippen MR) is 106 cm³/mol. The third kappa shape index (κ3) is 3.90. The second-order valence-electron chi connectivity index (χ2n) is 6.49. The van der Waals surface area contributed by atoms with E-state index in [1.54, 1.807) is 6.92 Å². The van der Waals surface area contributed by atoms with Crippen molar-refractivity contribution in [1.82, 2.24) is 19.5 Å². The summed E-state index contributed by atoms with van der Waals surface area (Å²) in [4.78, 5) is 25.0. The summed E-state index contributed by atoms with van der Waals surface area (Å²) in [5.74, 6) is -1.40. The normalized spacial score (nSPS) is 12.0. The molecule has 3 aromatic rings. The fraction of sp³-hybridized carbons (Fsp3) is 0.316. The lowest BCUT2D eigenvalue weighted by Crippen LogP contribution is -2.30. The molecule has 0 saturated carbocycles. The minimum absolute atomic E-state index is 0.0146. The van der Waals surface area contributed by atoms with Crippen LogP contribution in [0.3, 0.4) is 0 Å². The van der Waals surface area contributed by atoms with Gasteiger partial charge < -0.3 is 15.8 Å². The number of hydrogen-bond acceptors (Lipinski definition) is 8. The van der Waals surface area contributed by atoms with Crippen LogP contribution in [0.5, 0.6) is 0 Å². The van der Waals surface area contributed by atoms with E-state index in [0.29, 0.717) is 13.0 Å². The number of hydrogen-bond donors (Lipinski definition) is 2. The first kappa shape index (κ1) is 21.1. The number of nitrogen functional groups attached to an aromatic ring is 1. The largest absolute Gasteiger partial charge is 0.385 e. The number of nitrogens with zero attached hydrogens (tertiary/aromatic N) is 5. The molecule has 0 spiro atoms. The Kier molecular flexibility index (Phi) is 6.17. The van der Waals surface area contributed by atoms with E-state index in [1.165, 1.54) is 18.0 Å². The van der Waals surface area contributed by atoms with Gasteiger partial charge in [0.1, 0.15) is 58.0 Å². The van der Waals surface area contributed by atoms with Gasteiger partial charge in [0.15, 0.2) is 0 Å². The summed E-state index contributed by atoms with van der Waals surface area (Å²) in [6.07, 6.45) is 1.63. The van der Waals surface area contributed by atoms with Crippen molar-refractivity contribution >= 4 is 22.5 Å². The van der Waals surface area contributed by atoms with E-state index >= 15 is 0 Å². The number of nitrogens with one attached hydrogen (secondary N) is 1. The zero-order valence-corrected chi connectivity index (χ0v) is 16.3. The molecule has 156 valence electrons. The Bertz CT molecular complexity index is 1190. The van der Waals surface area contributed by atoms with Gasteiger partial charge >= 0.3 is 0 Å². The zero-order valence-electron chi connectivity index (χ0n) is 16.3. The van der Waals surface area contributed by atoms with Crippen LogP contribution in [0.1, 0.15) is 30.8 Å². The molecule has 2 heterocycles. The highest BCUT2D eigenvalue weighted by atomic mass is 19.1. The second kappa shape index (κ2) is 8.79. The summed E-state index contributed by atoms with van der Waals surface area (Å²) < 4.78 is 34.9. The molecular formula is C19H19F2N7O2. The van der Waals surface area contributed by atoms with Crippen LogP contribution in [0.4, 0.5) is 20.4 Å². The topological polar surface area (TPSA) is 132 Å². The van der Waals surface area contributed by atoms with Crippen molar-refractivity contribution in [1.29, 1.82) is 5.26 Å². The number of ether oxygens (including phenoxy) is 1. The van der Waals surface area contributed by atoms with E-state index < -0.39 is 28.6 Å². The molecule has 0 aliphatic rings. The molecule has 3 rings (SSSR count). The zero-order chi connectivity index (χ0) is 21.8. The molecule has 30 heavy (non-hydrogen) atoms. The van der Waals surface area contributed by atoms with E-state index in [2.05, 4.69) is 20.3 Å². The summed E-state index contributed by atoms with van der Waals surface area (Å²) in [5, 5.41) is 11.8. The second-order valence-corrected chi connectivity index (χ2v) is 6.49. The fourth-order valence-corrected chi connectivity index (χ4v) is 3.07. The lowest BCUT2D eigenvalue weighted by molar-refractivity contribution is 0.189. The van der Waals surface area contributed by atoms with E-state index in [9.17, 15) is 18.8 Å². The number of halogens is 2. The monoisotopic (exact) mass is 415 g/mol. The van der Waals surface area contributed by atoms with Crippen molar-refractivity contribution in [3.05, 3.63) is 51.8 Å². The number of nitrogens with two attached hydrogens (primary N) is 1. The van der Waals surface area contributed by atoms with E-state index in [4.69, 9.17) is 10.5 Å². The highest BCUT2D eigenvalue weighted by molar-refractivity contribution is 5.79. The van der Waals surface area contributed by atoms with Crippen LogP contribution in [-0.2, 0) is 11.3 Å². The van der Waals surface area contributed by atoms with E-state index in [1.807, 2.05) is 6.07 Å². The highest BCUT2D eigenvalue weighted by Crippen LogP contribution is 2.24. The summed E-state index contributed by atoms with van der Waals surface area (Å²) in [7, 11) is 1.52. The standard InChI is InChI=1S/C19H19F2N7O2/c1-10(26-17-11(8-22)16(23)24-9-25-17)18-27-15-13(21)5-4-12(20)14(15)19(29)28(18)6-3-7-30-2/h4-5,9-10H,3,6-7H2,1-2H3,(H3,23,24,25,26). The van der Waals surface area contributed by atoms with Gasteiger partial charge in [-0.15, -0.1) is 0 Å². The van der Waals surface area contributed by atoms with Gasteiger partial charge in [0.25, 0.3) is 5.56 Å². The Hall–Kier alpha value is -3.65. The van der Waals surface area contributed by atoms with Crippen LogP contribution in [0.25, 0.3) is 10.9 Å². The van der Waals surface area contributed by atoms with Crippen LogP contribution in [-0.4, -0.2) is 33.2 Å². The van der Waals surface area contributed by atoms with Crippen molar-refractivity contribution < 1.29 is 13.5 Å². The Labute approximate surface area is 170 Å². The minimum Gasteiger partial charge on any atom is -0.385 e. The van der Waals surface area contributed by atoms with Crippen LogP contribution in [0, 0.1) is 23.0 Å². The molecule has 1 unspecified atom stereocenters. The molecule has 0 bridgehead atoms. The van der Waals surface area contributed by atoms with Gasteiger partial charge in [-0.05, 0) is 25.5 Å². The number of nitriles is 1. The van der Waals surface area contributed by atoms with Gasteiger partial charge in [-0.1, -0.05) is 0 Å². The van der Waals surface area contributed by atoms with Crippen LogP contribution in [0.15, 0.2) is 23.3 Å². The van der Waals surface area contributed by atoms with Crippen LogP contribution < -0.4 is 16.6 Å². The first-order valence-electron chi connectivity index (χ1n) is 9.03.